The maximum Gasteiger partial charge on any atom is 0.333 e. The average Bonchev–Trinajstić information content (AvgIpc) is 3.30. The molecular formula is C29H31N3O3. The lowest BCUT2D eigenvalue weighted by molar-refractivity contribution is 0.328. The highest BCUT2D eigenvalue weighted by molar-refractivity contribution is 5.84. The Morgan fingerprint density at radius 3 is 2.46 bits per heavy atom. The van der Waals surface area contributed by atoms with Crippen LogP contribution in [-0.2, 0) is 0 Å². The molecule has 1 heterocycles. The molecule has 5 rings (SSSR count). The summed E-state index contributed by atoms with van der Waals surface area (Å²) in [6.45, 7) is 1.26. The Hall–Kier alpha value is -3.80. The lowest BCUT2D eigenvalue weighted by Crippen LogP contribution is -2.26. The van der Waals surface area contributed by atoms with Crippen LogP contribution in [-0.4, -0.2) is 28.0 Å². The largest absolute Gasteiger partial charge is 0.492 e. The number of allylic oxidation sites excluding steroid dienone is 3. The van der Waals surface area contributed by atoms with Gasteiger partial charge in [-0.15, -0.1) is 0 Å². The minimum atomic E-state index is -0.0718. The molecule has 180 valence electrons. The number of rotatable bonds is 8. The molecule has 0 aliphatic heterocycles. The minimum Gasteiger partial charge on any atom is -0.492 e. The molecule has 6 heteroatoms. The van der Waals surface area contributed by atoms with E-state index in [-0.39, 0.29) is 11.7 Å². The predicted octanol–water partition coefficient (Wildman–Crippen LogP) is 5.89. The van der Waals surface area contributed by atoms with Crippen LogP contribution in [0.4, 0.5) is 0 Å². The van der Waals surface area contributed by atoms with Crippen molar-refractivity contribution in [3.8, 4) is 17.2 Å². The fourth-order valence-electron chi connectivity index (χ4n) is 4.52. The van der Waals surface area contributed by atoms with Crippen LogP contribution in [0.15, 0.2) is 101 Å². The van der Waals surface area contributed by atoms with Gasteiger partial charge in [-0.05, 0) is 80.7 Å². The van der Waals surface area contributed by atoms with E-state index >= 15 is 0 Å². The molecule has 1 saturated carbocycles. The summed E-state index contributed by atoms with van der Waals surface area (Å²) in [7, 11) is 0. The van der Waals surface area contributed by atoms with Crippen LogP contribution in [0.25, 0.3) is 5.69 Å². The van der Waals surface area contributed by atoms with Crippen molar-refractivity contribution < 1.29 is 9.47 Å². The van der Waals surface area contributed by atoms with Gasteiger partial charge in [-0.2, -0.15) is 0 Å². The average molecular weight is 470 g/mol. The third kappa shape index (κ3) is 5.83. The van der Waals surface area contributed by atoms with Crippen LogP contribution >= 0.6 is 0 Å². The third-order valence-corrected chi connectivity index (χ3v) is 6.42. The van der Waals surface area contributed by atoms with Crippen LogP contribution in [0.1, 0.15) is 44.6 Å². The molecule has 1 unspecified atom stereocenters. The van der Waals surface area contributed by atoms with Gasteiger partial charge in [0.15, 0.2) is 0 Å². The van der Waals surface area contributed by atoms with Crippen molar-refractivity contribution in [3.05, 3.63) is 101 Å². The van der Waals surface area contributed by atoms with Gasteiger partial charge in [0.2, 0.25) is 0 Å². The van der Waals surface area contributed by atoms with E-state index in [1.165, 1.54) is 25.0 Å². The molecule has 2 aliphatic carbocycles. The number of hydrogen-bond donors (Lipinski definition) is 0. The Morgan fingerprint density at radius 1 is 0.914 bits per heavy atom. The molecule has 0 amide bonds. The van der Waals surface area contributed by atoms with E-state index in [0.717, 1.165) is 35.8 Å². The van der Waals surface area contributed by atoms with Gasteiger partial charge < -0.3 is 9.47 Å². The smallest absolute Gasteiger partial charge is 0.333 e. The summed E-state index contributed by atoms with van der Waals surface area (Å²) in [6.07, 6.45) is 16.4. The molecule has 0 bridgehead atoms. The highest BCUT2D eigenvalue weighted by Crippen LogP contribution is 2.23. The fraction of sp³-hybridized carbons (Fsp3) is 0.310. The Balaban J connectivity index is 1.17. The second-order valence-corrected chi connectivity index (χ2v) is 8.89. The lowest BCUT2D eigenvalue weighted by atomic mass is 9.99. The first kappa shape index (κ1) is 23.0. The molecule has 1 atom stereocenters. The van der Waals surface area contributed by atoms with E-state index in [9.17, 15) is 4.79 Å². The van der Waals surface area contributed by atoms with Gasteiger partial charge >= 0.3 is 5.69 Å². The maximum absolute atomic E-state index is 13.1. The Bertz CT molecular complexity index is 1260. The predicted molar refractivity (Wildman–Crippen MR) is 139 cm³/mol. The van der Waals surface area contributed by atoms with Crippen molar-refractivity contribution in [2.24, 2.45) is 4.99 Å². The first-order valence-electron chi connectivity index (χ1n) is 12.4. The molecule has 2 aliphatic rings. The number of nitrogens with zero attached hydrogens (tertiary/aromatic N) is 3. The number of benzene rings is 2. The Morgan fingerprint density at radius 2 is 1.71 bits per heavy atom. The van der Waals surface area contributed by atoms with E-state index in [0.29, 0.717) is 19.6 Å². The summed E-state index contributed by atoms with van der Waals surface area (Å²) >= 11 is 0. The minimum absolute atomic E-state index is 0.0414. The molecule has 1 fully saturated rings. The highest BCUT2D eigenvalue weighted by Gasteiger charge is 2.16. The van der Waals surface area contributed by atoms with Crippen LogP contribution in [0.3, 0.4) is 0 Å². The second kappa shape index (κ2) is 11.1. The van der Waals surface area contributed by atoms with Crippen LogP contribution < -0.4 is 15.2 Å². The van der Waals surface area contributed by atoms with Crippen molar-refractivity contribution in [2.75, 3.05) is 13.2 Å². The Kier molecular flexibility index (Phi) is 7.27. The standard InChI is InChI=1S/C29H31N3O3/c33-29-31(24-11-15-26(16-12-24)34-22-19-30-23-7-3-1-4-8-23)20-21-32(29)25-13-17-28(18-14-25)35-27-9-5-2-6-10-27/h2,5-6,9-13,15-18,20-21,25H,1,3-4,7-8,14,19,22H2. The molecule has 3 aromatic rings. The summed E-state index contributed by atoms with van der Waals surface area (Å²) in [5, 5.41) is 0. The molecular weight excluding hydrogens is 438 g/mol. The van der Waals surface area contributed by atoms with Crippen molar-refractivity contribution in [3.63, 3.8) is 0 Å². The summed E-state index contributed by atoms with van der Waals surface area (Å²) in [6, 6.07) is 17.3. The van der Waals surface area contributed by atoms with Gasteiger partial charge in [0.25, 0.3) is 0 Å². The number of ether oxygens (including phenoxy) is 2. The van der Waals surface area contributed by atoms with Crippen LogP contribution in [0.2, 0.25) is 0 Å². The zero-order chi connectivity index (χ0) is 23.9. The van der Waals surface area contributed by atoms with Crippen molar-refractivity contribution in [1.82, 2.24) is 9.13 Å². The van der Waals surface area contributed by atoms with E-state index < -0.39 is 0 Å². The highest BCUT2D eigenvalue weighted by atomic mass is 16.5. The van der Waals surface area contributed by atoms with Gasteiger partial charge in [0.1, 0.15) is 23.9 Å². The van der Waals surface area contributed by atoms with E-state index in [1.807, 2.05) is 85.2 Å². The first-order chi connectivity index (χ1) is 17.3. The molecule has 1 aromatic heterocycles. The second-order valence-electron chi connectivity index (χ2n) is 8.89. The van der Waals surface area contributed by atoms with E-state index in [4.69, 9.17) is 9.47 Å². The third-order valence-electron chi connectivity index (χ3n) is 6.42. The number of para-hydroxylation sites is 1. The number of imidazole rings is 1. The lowest BCUT2D eigenvalue weighted by Gasteiger charge is -2.17. The molecule has 0 spiro atoms. The summed E-state index contributed by atoms with van der Waals surface area (Å²) in [5.74, 6) is 2.38. The van der Waals surface area contributed by atoms with Crippen molar-refractivity contribution >= 4 is 5.71 Å². The fourth-order valence-corrected chi connectivity index (χ4v) is 4.52. The zero-order valence-corrected chi connectivity index (χ0v) is 19.9. The summed E-state index contributed by atoms with van der Waals surface area (Å²) in [4.78, 5) is 17.8. The van der Waals surface area contributed by atoms with E-state index in [2.05, 4.69) is 4.99 Å². The number of aliphatic imine (C=N–C) groups is 1. The number of aromatic nitrogens is 2. The maximum atomic E-state index is 13.1. The van der Waals surface area contributed by atoms with E-state index in [1.54, 1.807) is 9.13 Å². The van der Waals surface area contributed by atoms with Crippen molar-refractivity contribution in [1.29, 1.82) is 0 Å². The zero-order valence-electron chi connectivity index (χ0n) is 19.9. The number of hydrogen-bond acceptors (Lipinski definition) is 4. The van der Waals surface area contributed by atoms with Gasteiger partial charge in [0, 0.05) is 18.1 Å². The summed E-state index contributed by atoms with van der Waals surface area (Å²) < 4.78 is 15.1. The normalized spacial score (nSPS) is 17.7. The molecule has 35 heavy (non-hydrogen) atoms. The van der Waals surface area contributed by atoms with Crippen molar-refractivity contribution in [2.45, 2.75) is 44.6 Å². The van der Waals surface area contributed by atoms with Gasteiger partial charge in [-0.25, -0.2) is 4.79 Å². The quantitative estimate of drug-likeness (QED) is 0.387. The van der Waals surface area contributed by atoms with Crippen LogP contribution in [0, 0.1) is 0 Å². The monoisotopic (exact) mass is 469 g/mol. The molecule has 0 saturated heterocycles. The Labute approximate surface area is 205 Å². The molecule has 0 radical (unpaired) electrons. The van der Waals surface area contributed by atoms with Gasteiger partial charge in [-0.3, -0.25) is 14.1 Å². The SMILES string of the molecule is O=c1n(-c2ccc(OCCN=C3CCCCC3)cc2)ccn1C1C=CC(Oc2ccccc2)=CC1. The molecule has 2 aromatic carbocycles. The first-order valence-corrected chi connectivity index (χ1v) is 12.4. The summed E-state index contributed by atoms with van der Waals surface area (Å²) in [5.41, 5.74) is 2.08. The van der Waals surface area contributed by atoms with Gasteiger partial charge in [-0.1, -0.05) is 30.7 Å². The topological polar surface area (TPSA) is 57.8 Å². The molecule has 6 nitrogen and oxygen atoms in total. The molecule has 0 N–H and O–H groups in total. The van der Waals surface area contributed by atoms with Gasteiger partial charge in [0.05, 0.1) is 18.3 Å². The van der Waals surface area contributed by atoms with Crippen LogP contribution in [0.5, 0.6) is 11.5 Å².